The van der Waals surface area contributed by atoms with Crippen LogP contribution in [0.1, 0.15) is 23.9 Å². The van der Waals surface area contributed by atoms with Crippen molar-refractivity contribution in [1.29, 1.82) is 0 Å². The van der Waals surface area contributed by atoms with Gasteiger partial charge in [-0.05, 0) is 57.2 Å². The summed E-state index contributed by atoms with van der Waals surface area (Å²) in [5.41, 5.74) is 3.57. The largest absolute Gasteiger partial charge is 0.494 e. The molecule has 0 saturated carbocycles. The molecule has 0 radical (unpaired) electrons. The molecular formula is C23H23N3O3S2. The molecule has 0 fully saturated rings. The van der Waals surface area contributed by atoms with Crippen LogP contribution in [0.4, 0.5) is 10.8 Å². The number of anilines is 2. The Morgan fingerprint density at radius 1 is 1.16 bits per heavy atom. The Kier molecular flexibility index (Phi) is 6.58. The van der Waals surface area contributed by atoms with Crippen LogP contribution in [0.25, 0.3) is 10.2 Å². The van der Waals surface area contributed by atoms with E-state index in [1.807, 2.05) is 69.3 Å². The predicted octanol–water partition coefficient (Wildman–Crippen LogP) is 5.90. The molecule has 1 amide bonds. The Hall–Kier alpha value is -2.84. The molecule has 2 aromatic carbocycles. The van der Waals surface area contributed by atoms with Crippen molar-refractivity contribution in [3.8, 4) is 5.75 Å². The second kappa shape index (κ2) is 9.53. The summed E-state index contributed by atoms with van der Waals surface area (Å²) < 4.78 is 11.8. The molecule has 4 rings (SSSR count). The van der Waals surface area contributed by atoms with Crippen molar-refractivity contribution in [2.45, 2.75) is 26.5 Å². The van der Waals surface area contributed by atoms with Crippen molar-refractivity contribution < 1.29 is 14.1 Å². The molecular weight excluding hydrogens is 430 g/mol. The topological polar surface area (TPSA) is 68.5 Å². The van der Waals surface area contributed by atoms with Crippen LogP contribution < -0.4 is 9.64 Å². The number of carbonyl (C=O) groups is 1. The summed E-state index contributed by atoms with van der Waals surface area (Å²) in [6.45, 7) is 6.35. The summed E-state index contributed by atoms with van der Waals surface area (Å²) in [5.74, 6) is 2.53. The van der Waals surface area contributed by atoms with Crippen molar-refractivity contribution in [1.82, 2.24) is 10.1 Å². The average molecular weight is 454 g/mol. The van der Waals surface area contributed by atoms with Crippen LogP contribution in [0.15, 0.2) is 53.1 Å². The molecule has 0 atom stereocenters. The van der Waals surface area contributed by atoms with Crippen LogP contribution in [-0.4, -0.2) is 28.4 Å². The molecule has 8 heteroatoms. The lowest BCUT2D eigenvalue weighted by molar-refractivity contribution is -0.115. The van der Waals surface area contributed by atoms with Crippen LogP contribution >= 0.6 is 23.1 Å². The molecule has 0 N–H and O–H groups in total. The molecule has 31 heavy (non-hydrogen) atoms. The SMILES string of the molecule is CCOc1ccc(N(C(=O)CSCc2c(C)noc2C)c2nc3ccccc3s2)cc1. The van der Waals surface area contributed by atoms with Crippen molar-refractivity contribution in [3.63, 3.8) is 0 Å². The minimum Gasteiger partial charge on any atom is -0.494 e. The van der Waals surface area contributed by atoms with E-state index in [1.54, 1.807) is 16.7 Å². The van der Waals surface area contributed by atoms with Crippen LogP contribution in [0.2, 0.25) is 0 Å². The molecule has 0 bridgehead atoms. The fourth-order valence-electron chi connectivity index (χ4n) is 3.19. The number of ether oxygens (including phenoxy) is 1. The first-order valence-electron chi connectivity index (χ1n) is 9.97. The zero-order valence-electron chi connectivity index (χ0n) is 17.6. The van der Waals surface area contributed by atoms with Crippen LogP contribution in [0.5, 0.6) is 5.75 Å². The first kappa shape index (κ1) is 21.4. The number of aryl methyl sites for hydroxylation is 2. The van der Waals surface area contributed by atoms with Crippen LogP contribution in [0, 0.1) is 13.8 Å². The van der Waals surface area contributed by atoms with Crippen molar-refractivity contribution in [2.75, 3.05) is 17.3 Å². The maximum atomic E-state index is 13.3. The zero-order chi connectivity index (χ0) is 21.8. The Balaban J connectivity index is 1.58. The second-order valence-electron chi connectivity index (χ2n) is 6.92. The standard InChI is InChI=1S/C23H23N3O3S2/c1-4-28-18-11-9-17(10-12-18)26(23-24-20-7-5-6-8-21(20)31-23)22(27)14-30-13-19-15(2)25-29-16(19)3/h5-12H,4,13-14H2,1-3H3. The quantitative estimate of drug-likeness (QED) is 0.331. The van der Waals surface area contributed by atoms with E-state index in [0.717, 1.165) is 38.7 Å². The van der Waals surface area contributed by atoms with E-state index in [4.69, 9.17) is 14.2 Å². The number of hydrogen-bond acceptors (Lipinski definition) is 7. The highest BCUT2D eigenvalue weighted by Crippen LogP contribution is 2.35. The molecule has 160 valence electrons. The molecule has 6 nitrogen and oxygen atoms in total. The Labute approximate surface area is 189 Å². The molecule has 0 aliphatic rings. The molecule has 2 aromatic heterocycles. The maximum absolute atomic E-state index is 13.3. The van der Waals surface area contributed by atoms with Gasteiger partial charge in [0.1, 0.15) is 11.5 Å². The van der Waals surface area contributed by atoms with Gasteiger partial charge < -0.3 is 9.26 Å². The number of rotatable bonds is 8. The molecule has 0 aliphatic heterocycles. The third-order valence-electron chi connectivity index (χ3n) is 4.78. The number of fused-ring (bicyclic) bond motifs is 1. The number of nitrogens with zero attached hydrogens (tertiary/aromatic N) is 3. The summed E-state index contributed by atoms with van der Waals surface area (Å²) in [4.78, 5) is 19.7. The first-order valence-corrected chi connectivity index (χ1v) is 11.9. The van der Waals surface area contributed by atoms with E-state index in [9.17, 15) is 4.79 Å². The molecule has 0 unspecified atom stereocenters. The minimum atomic E-state index is -0.0278. The first-order chi connectivity index (χ1) is 15.1. The number of hydrogen-bond donors (Lipinski definition) is 0. The third-order valence-corrected chi connectivity index (χ3v) is 6.75. The Bertz CT molecular complexity index is 1130. The number of amides is 1. The second-order valence-corrected chi connectivity index (χ2v) is 8.91. The van der Waals surface area contributed by atoms with E-state index in [1.165, 1.54) is 11.3 Å². The van der Waals surface area contributed by atoms with E-state index < -0.39 is 0 Å². The summed E-state index contributed by atoms with van der Waals surface area (Å²) >= 11 is 3.05. The number of benzene rings is 2. The fourth-order valence-corrected chi connectivity index (χ4v) is 5.21. The maximum Gasteiger partial charge on any atom is 0.243 e. The van der Waals surface area contributed by atoms with E-state index in [-0.39, 0.29) is 5.91 Å². The molecule has 4 aromatic rings. The highest BCUT2D eigenvalue weighted by molar-refractivity contribution is 7.99. The fraction of sp³-hybridized carbons (Fsp3) is 0.261. The van der Waals surface area contributed by atoms with Gasteiger partial charge >= 0.3 is 0 Å². The average Bonchev–Trinajstić information content (AvgIpc) is 3.33. The van der Waals surface area contributed by atoms with Crippen molar-refractivity contribution in [3.05, 3.63) is 65.5 Å². The number of carbonyl (C=O) groups excluding carboxylic acids is 1. The van der Waals surface area contributed by atoms with Gasteiger partial charge in [-0.3, -0.25) is 9.69 Å². The van der Waals surface area contributed by atoms with E-state index >= 15 is 0 Å². The number of para-hydroxylation sites is 1. The molecule has 0 aliphatic carbocycles. The lowest BCUT2D eigenvalue weighted by Crippen LogP contribution is -2.27. The molecule has 0 spiro atoms. The predicted molar refractivity (Wildman–Crippen MR) is 127 cm³/mol. The Morgan fingerprint density at radius 2 is 1.94 bits per heavy atom. The smallest absolute Gasteiger partial charge is 0.243 e. The van der Waals surface area contributed by atoms with Crippen molar-refractivity contribution >= 4 is 50.0 Å². The van der Waals surface area contributed by atoms with E-state index in [0.29, 0.717) is 23.2 Å². The molecule has 0 saturated heterocycles. The van der Waals surface area contributed by atoms with Gasteiger partial charge in [0.05, 0.1) is 34.0 Å². The normalized spacial score (nSPS) is 11.1. The lowest BCUT2D eigenvalue weighted by atomic mass is 10.2. The summed E-state index contributed by atoms with van der Waals surface area (Å²) in [5, 5.41) is 4.65. The van der Waals surface area contributed by atoms with Gasteiger partial charge in [-0.1, -0.05) is 28.6 Å². The van der Waals surface area contributed by atoms with Gasteiger partial charge in [0.2, 0.25) is 5.91 Å². The highest BCUT2D eigenvalue weighted by Gasteiger charge is 2.22. The third kappa shape index (κ3) is 4.75. The number of thioether (sulfide) groups is 1. The minimum absolute atomic E-state index is 0.0278. The van der Waals surface area contributed by atoms with Gasteiger partial charge in [0.15, 0.2) is 5.13 Å². The lowest BCUT2D eigenvalue weighted by Gasteiger charge is -2.20. The van der Waals surface area contributed by atoms with E-state index in [2.05, 4.69) is 5.16 Å². The summed E-state index contributed by atoms with van der Waals surface area (Å²) in [6.07, 6.45) is 0. The summed E-state index contributed by atoms with van der Waals surface area (Å²) in [7, 11) is 0. The van der Waals surface area contributed by atoms with Crippen LogP contribution in [-0.2, 0) is 10.5 Å². The van der Waals surface area contributed by atoms with Gasteiger partial charge in [-0.25, -0.2) is 4.98 Å². The highest BCUT2D eigenvalue weighted by atomic mass is 32.2. The Morgan fingerprint density at radius 3 is 2.61 bits per heavy atom. The summed E-state index contributed by atoms with van der Waals surface area (Å²) in [6, 6.07) is 15.5. The van der Waals surface area contributed by atoms with Gasteiger partial charge in [-0.2, -0.15) is 0 Å². The van der Waals surface area contributed by atoms with Gasteiger partial charge in [0, 0.05) is 11.3 Å². The molecule has 2 heterocycles. The zero-order valence-corrected chi connectivity index (χ0v) is 19.3. The number of aromatic nitrogens is 2. The van der Waals surface area contributed by atoms with Crippen LogP contribution in [0.3, 0.4) is 0 Å². The van der Waals surface area contributed by atoms with Crippen molar-refractivity contribution in [2.24, 2.45) is 0 Å². The monoisotopic (exact) mass is 453 g/mol. The number of thiazole rings is 1. The van der Waals surface area contributed by atoms with Gasteiger partial charge in [-0.15, -0.1) is 11.8 Å². The van der Waals surface area contributed by atoms with Gasteiger partial charge in [0.25, 0.3) is 0 Å².